The van der Waals surface area contributed by atoms with Gasteiger partial charge in [0.1, 0.15) is 79.4 Å². The van der Waals surface area contributed by atoms with Crippen molar-refractivity contribution < 1.29 is 109 Å². The summed E-state index contributed by atoms with van der Waals surface area (Å²) in [6.45, 7) is 0.0915. The molecular formula is C28H47NO22. The van der Waals surface area contributed by atoms with Crippen molar-refractivity contribution in [2.75, 3.05) is 19.8 Å². The third-order valence-electron chi connectivity index (χ3n) is 9.15. The number of rotatable bonds is 12. The molecule has 0 saturated carbocycles. The van der Waals surface area contributed by atoms with Crippen LogP contribution in [0.4, 0.5) is 0 Å². The van der Waals surface area contributed by atoms with Crippen molar-refractivity contribution in [2.45, 2.75) is 143 Å². The zero-order valence-corrected chi connectivity index (χ0v) is 27.3. The highest BCUT2D eigenvalue weighted by atomic mass is 16.8. The molecule has 296 valence electrons. The molecule has 0 aromatic heterocycles. The van der Waals surface area contributed by atoms with Crippen LogP contribution in [0.3, 0.4) is 0 Å². The first-order chi connectivity index (χ1) is 23.9. The van der Waals surface area contributed by atoms with Crippen LogP contribution >= 0.6 is 0 Å². The largest absolute Gasteiger partial charge is 0.477 e. The first kappa shape index (κ1) is 41.9. The van der Waals surface area contributed by atoms with Crippen molar-refractivity contribution in [2.24, 2.45) is 0 Å². The van der Waals surface area contributed by atoms with E-state index in [1.54, 1.807) is 0 Å². The minimum Gasteiger partial charge on any atom is -0.477 e. The highest BCUT2D eigenvalue weighted by Crippen LogP contribution is 2.38. The Labute approximate surface area is 289 Å². The van der Waals surface area contributed by atoms with Crippen molar-refractivity contribution in [1.82, 2.24) is 5.32 Å². The Morgan fingerprint density at radius 1 is 0.843 bits per heavy atom. The SMILES string of the molecule is CC(=O)N[C@H]1[C@H]([C@H](O)[C@H](O)CO)O[C@@](O[C@@H]2[C@H](O)[C@@H](O)[C@H](O[C@H]3[C@H](O[C@@H]4O[C@@H](C)[C@@H](O)[C@@H](O)[C@@H]4O)[C@@H](O)CO[C@@H]3CO)O[C@@H]2O)(C(=O)O)C[C@@H]1O. The van der Waals surface area contributed by atoms with Crippen LogP contribution in [0.2, 0.25) is 0 Å². The van der Waals surface area contributed by atoms with E-state index in [4.69, 9.17) is 33.2 Å². The maximum Gasteiger partial charge on any atom is 0.364 e. The number of carbonyl (C=O) groups is 2. The third-order valence-corrected chi connectivity index (χ3v) is 9.15. The lowest BCUT2D eigenvalue weighted by Gasteiger charge is -2.50. The predicted octanol–water partition coefficient (Wildman–Crippen LogP) is -8.73. The van der Waals surface area contributed by atoms with Gasteiger partial charge in [-0.25, -0.2) is 4.79 Å². The smallest absolute Gasteiger partial charge is 0.364 e. The maximum atomic E-state index is 12.6. The van der Waals surface area contributed by atoms with Crippen LogP contribution in [-0.2, 0) is 42.7 Å². The maximum absolute atomic E-state index is 12.6. The van der Waals surface area contributed by atoms with Gasteiger partial charge in [0.15, 0.2) is 18.9 Å². The fourth-order valence-electron chi connectivity index (χ4n) is 6.30. The molecule has 1 amide bonds. The van der Waals surface area contributed by atoms with Crippen LogP contribution < -0.4 is 5.32 Å². The van der Waals surface area contributed by atoms with Crippen molar-refractivity contribution >= 4 is 11.9 Å². The molecule has 23 heteroatoms. The van der Waals surface area contributed by atoms with Crippen LogP contribution in [0, 0.1) is 0 Å². The standard InChI is InChI=1S/C28H47NO22/c1-7-14(36)16(38)18(40)25(46-7)47-20-11(35)6-45-12(5-31)21(20)48-26-19(41)17(39)23(24(42)49-26)51-28(27(43)44)3-9(33)13(29-8(2)32)22(50-28)15(37)10(34)4-30/h7,9-26,30-31,33-42H,3-6H2,1-2H3,(H,29,32)(H,43,44)/t7-,9-,10+,11-,12+,13+,14+,15+,16+,17+,18-,19+,20+,21+,22+,23+,24-,25-,26+,28-/m0/s1. The van der Waals surface area contributed by atoms with E-state index in [1.807, 2.05) is 0 Å². The number of hydrogen-bond acceptors (Lipinski definition) is 21. The molecule has 4 heterocycles. The van der Waals surface area contributed by atoms with Gasteiger partial charge in [0.25, 0.3) is 5.79 Å². The number of carbonyl (C=O) groups excluding carboxylic acids is 1. The average molecular weight is 750 g/mol. The molecular weight excluding hydrogens is 702 g/mol. The fourth-order valence-corrected chi connectivity index (χ4v) is 6.30. The summed E-state index contributed by atoms with van der Waals surface area (Å²) < 4.78 is 38.4. The Hall–Kier alpha value is -1.82. The summed E-state index contributed by atoms with van der Waals surface area (Å²) in [5.41, 5.74) is 0. The number of hydrogen-bond donors (Lipinski definition) is 14. The van der Waals surface area contributed by atoms with E-state index < -0.39 is 160 Å². The molecule has 0 aromatic carbocycles. The van der Waals surface area contributed by atoms with E-state index >= 15 is 0 Å². The van der Waals surface area contributed by atoms with E-state index in [1.165, 1.54) is 6.92 Å². The van der Waals surface area contributed by atoms with Crippen molar-refractivity contribution in [1.29, 1.82) is 0 Å². The van der Waals surface area contributed by atoms with Gasteiger partial charge >= 0.3 is 5.97 Å². The van der Waals surface area contributed by atoms with Crippen LogP contribution in [0.1, 0.15) is 20.3 Å². The van der Waals surface area contributed by atoms with Gasteiger partial charge in [-0.15, -0.1) is 0 Å². The molecule has 4 aliphatic heterocycles. The number of aliphatic hydroxyl groups is 12. The van der Waals surface area contributed by atoms with Crippen molar-refractivity contribution in [3.05, 3.63) is 0 Å². The molecule has 0 aliphatic carbocycles. The van der Waals surface area contributed by atoms with Crippen molar-refractivity contribution in [3.8, 4) is 0 Å². The molecule has 0 aromatic rings. The topological polar surface area (TPSA) is 374 Å². The van der Waals surface area contributed by atoms with Crippen LogP contribution in [-0.4, -0.2) is 220 Å². The Bertz CT molecular complexity index is 1170. The molecule has 4 saturated heterocycles. The number of carboxylic acid groups (broad SMARTS) is 1. The first-order valence-electron chi connectivity index (χ1n) is 16.0. The lowest BCUT2D eigenvalue weighted by molar-refractivity contribution is -0.405. The van der Waals surface area contributed by atoms with Crippen LogP contribution in [0.25, 0.3) is 0 Å². The Kier molecular flexibility index (Phi) is 14.1. The van der Waals surface area contributed by atoms with Gasteiger partial charge in [-0.1, -0.05) is 0 Å². The second-order valence-corrected chi connectivity index (χ2v) is 12.8. The molecule has 0 bridgehead atoms. The van der Waals surface area contributed by atoms with Gasteiger partial charge < -0.3 is 105 Å². The quantitative estimate of drug-likeness (QED) is 0.0880. The summed E-state index contributed by atoms with van der Waals surface area (Å²) in [6.07, 6.45) is -34.0. The number of nitrogens with one attached hydrogen (secondary N) is 1. The summed E-state index contributed by atoms with van der Waals surface area (Å²) in [5.74, 6) is -5.82. The van der Waals surface area contributed by atoms with Gasteiger partial charge in [-0.05, 0) is 6.92 Å². The van der Waals surface area contributed by atoms with E-state index in [0.29, 0.717) is 0 Å². The summed E-state index contributed by atoms with van der Waals surface area (Å²) in [4.78, 5) is 24.4. The summed E-state index contributed by atoms with van der Waals surface area (Å²) >= 11 is 0. The van der Waals surface area contributed by atoms with Gasteiger partial charge in [0, 0.05) is 13.3 Å². The molecule has 0 spiro atoms. The zero-order chi connectivity index (χ0) is 38.1. The number of ether oxygens (including phenoxy) is 7. The Balaban J connectivity index is 1.55. The zero-order valence-electron chi connectivity index (χ0n) is 27.3. The highest BCUT2D eigenvalue weighted by molar-refractivity contribution is 5.76. The van der Waals surface area contributed by atoms with Crippen molar-refractivity contribution in [3.63, 3.8) is 0 Å². The number of carboxylic acids is 1. The van der Waals surface area contributed by atoms with Gasteiger partial charge in [0.2, 0.25) is 5.91 Å². The number of aliphatic carboxylic acids is 1. The van der Waals surface area contributed by atoms with Crippen LogP contribution in [0.5, 0.6) is 0 Å². The first-order valence-corrected chi connectivity index (χ1v) is 16.0. The third kappa shape index (κ3) is 8.78. The normalized spacial score (nSPS) is 47.7. The molecule has 0 radical (unpaired) electrons. The summed E-state index contributed by atoms with van der Waals surface area (Å²) in [6, 6.07) is -1.56. The minimum absolute atomic E-state index is 0.453. The minimum atomic E-state index is -3.06. The van der Waals surface area contributed by atoms with Gasteiger partial charge in [-0.2, -0.15) is 0 Å². The average Bonchev–Trinajstić information content (AvgIpc) is 3.08. The van der Waals surface area contributed by atoms with E-state index in [9.17, 15) is 76.0 Å². The number of amides is 1. The summed E-state index contributed by atoms with van der Waals surface area (Å²) in [7, 11) is 0. The highest BCUT2D eigenvalue weighted by Gasteiger charge is 2.60. The van der Waals surface area contributed by atoms with Crippen LogP contribution in [0.15, 0.2) is 0 Å². The monoisotopic (exact) mass is 749 g/mol. The molecule has 4 aliphatic rings. The molecule has 4 fully saturated rings. The molecule has 0 unspecified atom stereocenters. The molecule has 23 nitrogen and oxygen atoms in total. The summed E-state index contributed by atoms with van der Waals surface area (Å²) in [5, 5.41) is 137. The van der Waals surface area contributed by atoms with E-state index in [0.717, 1.165) is 6.92 Å². The predicted molar refractivity (Wildman–Crippen MR) is 155 cm³/mol. The van der Waals surface area contributed by atoms with E-state index in [-0.39, 0.29) is 0 Å². The van der Waals surface area contributed by atoms with Gasteiger partial charge in [0.05, 0.1) is 38.1 Å². The second kappa shape index (κ2) is 17.1. The molecule has 14 N–H and O–H groups in total. The Morgan fingerprint density at radius 3 is 2.04 bits per heavy atom. The number of aliphatic hydroxyl groups excluding tert-OH is 12. The molecule has 51 heavy (non-hydrogen) atoms. The second-order valence-electron chi connectivity index (χ2n) is 12.8. The molecule has 20 atom stereocenters. The fraction of sp³-hybridized carbons (Fsp3) is 0.929. The lowest BCUT2D eigenvalue weighted by atomic mass is 9.88. The lowest BCUT2D eigenvalue weighted by Crippen LogP contribution is -2.70. The Morgan fingerprint density at radius 2 is 1.45 bits per heavy atom. The van der Waals surface area contributed by atoms with Gasteiger partial charge in [-0.3, -0.25) is 4.79 Å². The molecule has 4 rings (SSSR count). The van der Waals surface area contributed by atoms with E-state index in [2.05, 4.69) is 5.32 Å².